The molecule has 1 aliphatic carbocycles. The molecule has 1 atom stereocenters. The molecule has 0 spiro atoms. The van der Waals surface area contributed by atoms with Gasteiger partial charge in [0.15, 0.2) is 5.69 Å². The largest absolute Gasteiger partial charge is 0.480 e. The molecule has 1 amide bonds. The van der Waals surface area contributed by atoms with Crippen molar-refractivity contribution in [2.45, 2.75) is 45.1 Å². The number of aliphatic carboxylic acids is 1. The number of nitrogens with one attached hydrogen (secondary N) is 1. The standard InChI is InChI=1S/C12H16N2O4/c1-7(12(16)17)13-11(15)10-8-5-3-2-4-6-9(8)18-14-10/h7H,2-6H2,1H3,(H,13,15)(H,16,17). The molecular formula is C12H16N2O4. The van der Waals surface area contributed by atoms with E-state index in [4.69, 9.17) is 9.63 Å². The molecule has 0 bridgehead atoms. The Kier molecular flexibility index (Phi) is 3.64. The number of hydrogen-bond acceptors (Lipinski definition) is 4. The van der Waals surface area contributed by atoms with Crippen molar-refractivity contribution in [2.24, 2.45) is 0 Å². The van der Waals surface area contributed by atoms with Crippen molar-refractivity contribution in [1.82, 2.24) is 10.5 Å². The monoisotopic (exact) mass is 252 g/mol. The average Bonchev–Trinajstić information content (AvgIpc) is 2.58. The minimum Gasteiger partial charge on any atom is -0.480 e. The summed E-state index contributed by atoms with van der Waals surface area (Å²) in [7, 11) is 0. The van der Waals surface area contributed by atoms with Crippen LogP contribution in [0.15, 0.2) is 4.52 Å². The molecule has 1 heterocycles. The van der Waals surface area contributed by atoms with Crippen LogP contribution in [0.25, 0.3) is 0 Å². The van der Waals surface area contributed by atoms with Crippen LogP contribution in [0.4, 0.5) is 0 Å². The summed E-state index contributed by atoms with van der Waals surface area (Å²) in [6, 6.07) is -0.935. The molecule has 2 N–H and O–H groups in total. The first-order valence-electron chi connectivity index (χ1n) is 6.10. The van der Waals surface area contributed by atoms with Gasteiger partial charge in [-0.2, -0.15) is 0 Å². The summed E-state index contributed by atoms with van der Waals surface area (Å²) in [4.78, 5) is 22.6. The third kappa shape index (κ3) is 2.52. The van der Waals surface area contributed by atoms with E-state index in [9.17, 15) is 9.59 Å². The topological polar surface area (TPSA) is 92.4 Å². The van der Waals surface area contributed by atoms with Crippen LogP contribution in [0.3, 0.4) is 0 Å². The van der Waals surface area contributed by atoms with Gasteiger partial charge in [0.1, 0.15) is 11.8 Å². The maximum atomic E-state index is 11.9. The Morgan fingerprint density at radius 1 is 1.33 bits per heavy atom. The molecule has 0 saturated carbocycles. The Bertz CT molecular complexity index is 467. The van der Waals surface area contributed by atoms with Crippen LogP contribution in [0.2, 0.25) is 0 Å². The van der Waals surface area contributed by atoms with Crippen molar-refractivity contribution in [3.8, 4) is 0 Å². The summed E-state index contributed by atoms with van der Waals surface area (Å²) >= 11 is 0. The highest BCUT2D eigenvalue weighted by atomic mass is 16.5. The molecule has 0 aliphatic heterocycles. The zero-order chi connectivity index (χ0) is 13.1. The highest BCUT2D eigenvalue weighted by Gasteiger charge is 2.25. The average molecular weight is 252 g/mol. The molecule has 1 unspecified atom stereocenters. The Morgan fingerprint density at radius 3 is 2.78 bits per heavy atom. The first kappa shape index (κ1) is 12.6. The summed E-state index contributed by atoms with van der Waals surface area (Å²) in [6.45, 7) is 1.42. The van der Waals surface area contributed by atoms with Crippen LogP contribution >= 0.6 is 0 Å². The van der Waals surface area contributed by atoms with Gasteiger partial charge in [-0.3, -0.25) is 9.59 Å². The van der Waals surface area contributed by atoms with E-state index in [0.717, 1.165) is 43.4 Å². The summed E-state index contributed by atoms with van der Waals surface area (Å²) in [5.74, 6) is -0.782. The van der Waals surface area contributed by atoms with Crippen molar-refractivity contribution in [1.29, 1.82) is 0 Å². The minimum absolute atomic E-state index is 0.236. The molecule has 98 valence electrons. The summed E-state index contributed by atoms with van der Waals surface area (Å²) in [5, 5.41) is 14.9. The van der Waals surface area contributed by atoms with E-state index in [1.807, 2.05) is 0 Å². The lowest BCUT2D eigenvalue weighted by molar-refractivity contribution is -0.138. The van der Waals surface area contributed by atoms with Gasteiger partial charge >= 0.3 is 5.97 Å². The van der Waals surface area contributed by atoms with Gasteiger partial charge in [0.25, 0.3) is 5.91 Å². The number of carbonyl (C=O) groups is 2. The molecular weight excluding hydrogens is 236 g/mol. The molecule has 2 rings (SSSR count). The molecule has 6 heteroatoms. The van der Waals surface area contributed by atoms with Crippen LogP contribution in [0.5, 0.6) is 0 Å². The third-order valence-electron chi connectivity index (χ3n) is 3.13. The maximum Gasteiger partial charge on any atom is 0.325 e. The van der Waals surface area contributed by atoms with Gasteiger partial charge in [-0.15, -0.1) is 0 Å². The Balaban J connectivity index is 2.16. The maximum absolute atomic E-state index is 11.9. The van der Waals surface area contributed by atoms with Crippen molar-refractivity contribution >= 4 is 11.9 Å². The van der Waals surface area contributed by atoms with Gasteiger partial charge < -0.3 is 14.9 Å². The number of rotatable bonds is 3. The molecule has 0 fully saturated rings. The Morgan fingerprint density at radius 2 is 2.06 bits per heavy atom. The van der Waals surface area contributed by atoms with Crippen LogP contribution in [-0.2, 0) is 17.6 Å². The number of fused-ring (bicyclic) bond motifs is 1. The second-order valence-electron chi connectivity index (χ2n) is 4.53. The van der Waals surface area contributed by atoms with E-state index in [1.54, 1.807) is 0 Å². The number of carbonyl (C=O) groups excluding carboxylic acids is 1. The fourth-order valence-corrected chi connectivity index (χ4v) is 2.07. The fourth-order valence-electron chi connectivity index (χ4n) is 2.07. The number of amides is 1. The van der Waals surface area contributed by atoms with Gasteiger partial charge in [-0.25, -0.2) is 0 Å². The van der Waals surface area contributed by atoms with E-state index in [1.165, 1.54) is 6.92 Å². The zero-order valence-corrected chi connectivity index (χ0v) is 10.2. The highest BCUT2D eigenvalue weighted by molar-refractivity contribution is 5.96. The molecule has 18 heavy (non-hydrogen) atoms. The molecule has 0 saturated heterocycles. The third-order valence-corrected chi connectivity index (χ3v) is 3.13. The second kappa shape index (κ2) is 5.20. The van der Waals surface area contributed by atoms with Gasteiger partial charge in [-0.1, -0.05) is 11.6 Å². The van der Waals surface area contributed by atoms with E-state index >= 15 is 0 Å². The Labute approximate surface area is 104 Å². The summed E-state index contributed by atoms with van der Waals surface area (Å²) in [6.07, 6.45) is 4.71. The first-order chi connectivity index (χ1) is 8.59. The van der Waals surface area contributed by atoms with Crippen LogP contribution in [0.1, 0.15) is 48.0 Å². The van der Waals surface area contributed by atoms with Crippen molar-refractivity contribution in [3.05, 3.63) is 17.0 Å². The highest BCUT2D eigenvalue weighted by Crippen LogP contribution is 2.23. The number of carboxylic acids is 1. The predicted molar refractivity (Wildman–Crippen MR) is 62.3 cm³/mol. The van der Waals surface area contributed by atoms with Gasteiger partial charge in [0.05, 0.1) is 0 Å². The SMILES string of the molecule is CC(NC(=O)c1noc2c1CCCCC2)C(=O)O. The lowest BCUT2D eigenvalue weighted by Crippen LogP contribution is -2.38. The first-order valence-corrected chi connectivity index (χ1v) is 6.10. The van der Waals surface area contributed by atoms with E-state index in [2.05, 4.69) is 10.5 Å². The van der Waals surface area contributed by atoms with E-state index in [0.29, 0.717) is 0 Å². The lowest BCUT2D eigenvalue weighted by atomic mass is 10.1. The molecule has 1 aromatic heterocycles. The molecule has 6 nitrogen and oxygen atoms in total. The van der Waals surface area contributed by atoms with Gasteiger partial charge in [-0.05, 0) is 26.2 Å². The zero-order valence-electron chi connectivity index (χ0n) is 10.2. The Hall–Kier alpha value is -1.85. The lowest BCUT2D eigenvalue weighted by Gasteiger charge is -2.08. The van der Waals surface area contributed by atoms with Crippen LogP contribution < -0.4 is 5.32 Å². The molecule has 1 aliphatic rings. The van der Waals surface area contributed by atoms with Crippen LogP contribution in [-0.4, -0.2) is 28.2 Å². The fraction of sp³-hybridized carbons (Fsp3) is 0.583. The van der Waals surface area contributed by atoms with E-state index < -0.39 is 17.9 Å². The number of hydrogen-bond donors (Lipinski definition) is 2. The van der Waals surface area contributed by atoms with Crippen molar-refractivity contribution < 1.29 is 19.2 Å². The quantitative estimate of drug-likeness (QED) is 0.787. The summed E-state index contributed by atoms with van der Waals surface area (Å²) < 4.78 is 5.17. The van der Waals surface area contributed by atoms with E-state index in [-0.39, 0.29) is 5.69 Å². The number of aromatic nitrogens is 1. The molecule has 1 aromatic rings. The van der Waals surface area contributed by atoms with Crippen molar-refractivity contribution in [2.75, 3.05) is 0 Å². The summed E-state index contributed by atoms with van der Waals surface area (Å²) in [5.41, 5.74) is 1.07. The normalized spacial score (nSPS) is 16.5. The number of carboxylic acid groups (broad SMARTS) is 1. The minimum atomic E-state index is -1.07. The van der Waals surface area contributed by atoms with Gasteiger partial charge in [0.2, 0.25) is 0 Å². The number of aryl methyl sites for hydroxylation is 1. The van der Waals surface area contributed by atoms with Crippen LogP contribution in [0, 0.1) is 0 Å². The predicted octanol–water partition coefficient (Wildman–Crippen LogP) is 1.15. The smallest absolute Gasteiger partial charge is 0.325 e. The number of nitrogens with zero attached hydrogens (tertiary/aromatic N) is 1. The second-order valence-corrected chi connectivity index (χ2v) is 4.53. The molecule has 0 aromatic carbocycles. The molecule has 0 radical (unpaired) electrons. The van der Waals surface area contributed by atoms with Crippen molar-refractivity contribution in [3.63, 3.8) is 0 Å². The van der Waals surface area contributed by atoms with Gasteiger partial charge in [0, 0.05) is 12.0 Å².